The van der Waals surface area contributed by atoms with E-state index >= 15 is 0 Å². The van der Waals surface area contributed by atoms with Gasteiger partial charge in [-0.3, -0.25) is 4.79 Å². The van der Waals surface area contributed by atoms with Gasteiger partial charge in [0.25, 0.3) is 5.91 Å². The number of amides is 1. The Balaban J connectivity index is 1.86. The van der Waals surface area contributed by atoms with E-state index in [0.717, 1.165) is 0 Å². The van der Waals surface area contributed by atoms with Crippen molar-refractivity contribution in [1.29, 1.82) is 0 Å². The van der Waals surface area contributed by atoms with E-state index in [0.29, 0.717) is 29.9 Å². The Morgan fingerprint density at radius 1 is 1.21 bits per heavy atom. The van der Waals surface area contributed by atoms with Crippen molar-refractivity contribution in [3.63, 3.8) is 0 Å². The van der Waals surface area contributed by atoms with E-state index in [2.05, 4.69) is 6.58 Å². The number of hydrogen-bond donors (Lipinski definition) is 0. The van der Waals surface area contributed by atoms with Crippen LogP contribution in [-0.4, -0.2) is 43.4 Å². The van der Waals surface area contributed by atoms with Gasteiger partial charge in [0.05, 0.1) is 11.5 Å². The molecule has 0 saturated carbocycles. The van der Waals surface area contributed by atoms with Crippen molar-refractivity contribution in [3.05, 3.63) is 78.1 Å². The average Bonchev–Trinajstić information content (AvgIpc) is 3.05. The summed E-state index contributed by atoms with van der Waals surface area (Å²) < 4.78 is 43.4. The van der Waals surface area contributed by atoms with E-state index < -0.39 is 21.7 Å². The van der Waals surface area contributed by atoms with E-state index in [9.17, 15) is 17.6 Å². The second-order valence-corrected chi connectivity index (χ2v) is 8.93. The Morgan fingerprint density at radius 2 is 1.93 bits per heavy atom. The van der Waals surface area contributed by atoms with Crippen molar-refractivity contribution >= 4 is 15.7 Å². The number of halogens is 1. The van der Waals surface area contributed by atoms with Crippen molar-refractivity contribution in [3.8, 4) is 5.75 Å². The lowest BCUT2D eigenvalue weighted by atomic mass is 10.1. The average molecular weight is 403 g/mol. The van der Waals surface area contributed by atoms with E-state index in [4.69, 9.17) is 4.74 Å². The van der Waals surface area contributed by atoms with Gasteiger partial charge in [0.1, 0.15) is 18.2 Å². The monoisotopic (exact) mass is 403 g/mol. The molecule has 5 nitrogen and oxygen atoms in total. The Kier molecular flexibility index (Phi) is 6.14. The number of nitrogens with zero attached hydrogens (tertiary/aromatic N) is 1. The third-order valence-corrected chi connectivity index (χ3v) is 6.43. The number of hydrogen-bond acceptors (Lipinski definition) is 4. The van der Waals surface area contributed by atoms with Crippen LogP contribution in [0, 0.1) is 5.82 Å². The van der Waals surface area contributed by atoms with Gasteiger partial charge in [-0.25, -0.2) is 12.8 Å². The van der Waals surface area contributed by atoms with Crippen molar-refractivity contribution in [2.45, 2.75) is 19.0 Å². The molecule has 0 bridgehead atoms. The predicted octanol–water partition coefficient (Wildman–Crippen LogP) is 3.22. The van der Waals surface area contributed by atoms with Crippen molar-refractivity contribution in [1.82, 2.24) is 4.90 Å². The Morgan fingerprint density at radius 3 is 2.54 bits per heavy atom. The van der Waals surface area contributed by atoms with Crippen molar-refractivity contribution in [2.75, 3.05) is 18.1 Å². The molecule has 1 saturated heterocycles. The minimum Gasteiger partial charge on any atom is -0.490 e. The van der Waals surface area contributed by atoms with Crippen LogP contribution >= 0.6 is 0 Å². The molecule has 1 aliphatic rings. The molecule has 28 heavy (non-hydrogen) atoms. The number of rotatable bonds is 7. The molecule has 1 unspecified atom stereocenters. The molecule has 7 heteroatoms. The molecule has 1 atom stereocenters. The number of sulfone groups is 1. The van der Waals surface area contributed by atoms with E-state index in [1.807, 2.05) is 0 Å². The van der Waals surface area contributed by atoms with Crippen LogP contribution in [0.2, 0.25) is 0 Å². The molecule has 0 radical (unpaired) electrons. The van der Waals surface area contributed by atoms with Crippen LogP contribution in [0.25, 0.3) is 0 Å². The number of benzene rings is 2. The maximum atomic E-state index is 14.1. The second kappa shape index (κ2) is 8.56. The molecule has 148 valence electrons. The molecule has 3 rings (SSSR count). The molecular weight excluding hydrogens is 381 g/mol. The standard InChI is InChI=1S/C21H22FNO4S/c1-2-12-27-19-9-7-16(8-10-19)21(24)23(18-11-13-28(25,26)15-18)14-17-5-3-4-6-20(17)22/h2-10,18H,1,11-15H2. The van der Waals surface area contributed by atoms with Crippen LogP contribution in [0.3, 0.4) is 0 Å². The highest BCUT2D eigenvalue weighted by Gasteiger charge is 2.35. The molecule has 1 fully saturated rings. The topological polar surface area (TPSA) is 63.7 Å². The SMILES string of the molecule is C=CCOc1ccc(C(=O)N(Cc2ccccc2F)C2CCS(=O)(=O)C2)cc1. The zero-order valence-electron chi connectivity index (χ0n) is 15.4. The molecule has 0 aliphatic carbocycles. The fraction of sp³-hybridized carbons (Fsp3) is 0.286. The molecule has 0 N–H and O–H groups in total. The molecule has 1 heterocycles. The smallest absolute Gasteiger partial charge is 0.254 e. The molecule has 2 aromatic carbocycles. The van der Waals surface area contributed by atoms with Crippen LogP contribution in [0.1, 0.15) is 22.3 Å². The highest BCUT2D eigenvalue weighted by atomic mass is 32.2. The minimum atomic E-state index is -3.19. The molecule has 0 spiro atoms. The summed E-state index contributed by atoms with van der Waals surface area (Å²) in [5, 5.41) is 0. The number of carbonyl (C=O) groups excluding carboxylic acids is 1. The minimum absolute atomic E-state index is 0.0143. The van der Waals surface area contributed by atoms with Gasteiger partial charge in [0.15, 0.2) is 9.84 Å². The largest absolute Gasteiger partial charge is 0.490 e. The Labute approximate surface area is 164 Å². The van der Waals surface area contributed by atoms with Gasteiger partial charge in [-0.1, -0.05) is 30.9 Å². The Hall–Kier alpha value is -2.67. The van der Waals surface area contributed by atoms with Crippen LogP contribution in [0.15, 0.2) is 61.2 Å². The van der Waals surface area contributed by atoms with Crippen LogP contribution < -0.4 is 4.74 Å². The summed E-state index contributed by atoms with van der Waals surface area (Å²) in [5.74, 6) is -0.226. The fourth-order valence-corrected chi connectivity index (χ4v) is 4.94. The lowest BCUT2D eigenvalue weighted by molar-refractivity contribution is 0.0679. The summed E-state index contributed by atoms with van der Waals surface area (Å²) in [6.07, 6.45) is 1.97. The quantitative estimate of drug-likeness (QED) is 0.666. The normalized spacial score (nSPS) is 17.8. The summed E-state index contributed by atoms with van der Waals surface area (Å²) in [6, 6.07) is 12.3. The van der Waals surface area contributed by atoms with Crippen LogP contribution in [0.5, 0.6) is 5.75 Å². The van der Waals surface area contributed by atoms with Gasteiger partial charge in [0.2, 0.25) is 0 Å². The molecule has 1 amide bonds. The van der Waals surface area contributed by atoms with Gasteiger partial charge in [-0.05, 0) is 36.8 Å². The lowest BCUT2D eigenvalue weighted by Crippen LogP contribution is -2.40. The summed E-state index contributed by atoms with van der Waals surface area (Å²) in [5.41, 5.74) is 0.748. The van der Waals surface area contributed by atoms with Gasteiger partial charge >= 0.3 is 0 Å². The summed E-state index contributed by atoms with van der Waals surface area (Å²) in [7, 11) is -3.19. The molecule has 0 aromatic heterocycles. The van der Waals surface area contributed by atoms with Crippen molar-refractivity contribution < 1.29 is 22.3 Å². The highest BCUT2D eigenvalue weighted by molar-refractivity contribution is 7.91. The molecule has 2 aromatic rings. The fourth-order valence-electron chi connectivity index (χ4n) is 3.21. The third kappa shape index (κ3) is 4.78. The zero-order chi connectivity index (χ0) is 20.1. The maximum Gasteiger partial charge on any atom is 0.254 e. The van der Waals surface area contributed by atoms with E-state index in [1.54, 1.807) is 48.5 Å². The zero-order valence-corrected chi connectivity index (χ0v) is 16.2. The van der Waals surface area contributed by atoms with Gasteiger partial charge in [0, 0.05) is 23.7 Å². The highest BCUT2D eigenvalue weighted by Crippen LogP contribution is 2.24. The van der Waals surface area contributed by atoms with Gasteiger partial charge in [-0.15, -0.1) is 0 Å². The van der Waals surface area contributed by atoms with Gasteiger partial charge in [-0.2, -0.15) is 0 Å². The Bertz CT molecular complexity index is 957. The number of ether oxygens (including phenoxy) is 1. The maximum absolute atomic E-state index is 14.1. The van der Waals surface area contributed by atoms with Crippen molar-refractivity contribution in [2.24, 2.45) is 0 Å². The predicted molar refractivity (Wildman–Crippen MR) is 105 cm³/mol. The summed E-state index contributed by atoms with van der Waals surface area (Å²) in [4.78, 5) is 14.6. The first-order valence-corrected chi connectivity index (χ1v) is 10.8. The number of carbonyl (C=O) groups is 1. The van der Waals surface area contributed by atoms with Gasteiger partial charge < -0.3 is 9.64 Å². The van der Waals surface area contributed by atoms with E-state index in [-0.39, 0.29) is 24.0 Å². The van der Waals surface area contributed by atoms with Crippen LogP contribution in [0.4, 0.5) is 4.39 Å². The lowest BCUT2D eigenvalue weighted by Gasteiger charge is -2.28. The molecule has 1 aliphatic heterocycles. The third-order valence-electron chi connectivity index (χ3n) is 4.68. The second-order valence-electron chi connectivity index (χ2n) is 6.71. The van der Waals surface area contributed by atoms with Crippen LogP contribution in [-0.2, 0) is 16.4 Å². The summed E-state index contributed by atoms with van der Waals surface area (Å²) >= 11 is 0. The summed E-state index contributed by atoms with van der Waals surface area (Å²) in [6.45, 7) is 3.95. The molecular formula is C21H22FNO4S. The van der Waals surface area contributed by atoms with E-state index in [1.165, 1.54) is 11.0 Å². The first kappa shape index (κ1) is 20.1. The first-order chi connectivity index (χ1) is 13.4. The first-order valence-electron chi connectivity index (χ1n) is 8.98.